The number of nitrogens with two attached hydrogens (primary N) is 1. The van der Waals surface area contributed by atoms with E-state index in [1.165, 1.54) is 0 Å². The molecule has 2 heterocycles. The molecule has 1 aromatic heterocycles. The number of anilines is 1. The second kappa shape index (κ2) is 7.78. The first-order valence-corrected chi connectivity index (χ1v) is 10.1. The lowest BCUT2D eigenvalue weighted by atomic mass is 9.78. The van der Waals surface area contributed by atoms with Gasteiger partial charge in [-0.2, -0.15) is 0 Å². The minimum atomic E-state index is -0.501. The highest BCUT2D eigenvalue weighted by Gasteiger charge is 2.51. The lowest BCUT2D eigenvalue weighted by Gasteiger charge is -2.32. The zero-order valence-corrected chi connectivity index (χ0v) is 17.9. The molecule has 154 valence electrons. The SMILES string of the molecule is CC1(C)OB(c2cc(OCc3ccccc3)cc(-c3ncccc3N)c2)OC1(C)C. The number of nitrogen functional groups attached to an aromatic ring is 1. The summed E-state index contributed by atoms with van der Waals surface area (Å²) < 4.78 is 18.6. The van der Waals surface area contributed by atoms with Crippen LogP contribution in [0.25, 0.3) is 11.3 Å². The molecule has 1 aliphatic heterocycles. The van der Waals surface area contributed by atoms with Gasteiger partial charge >= 0.3 is 7.12 Å². The number of hydrogen-bond donors (Lipinski definition) is 1. The number of nitrogens with zero attached hydrogens (tertiary/aromatic N) is 1. The highest BCUT2D eigenvalue weighted by Crippen LogP contribution is 2.37. The Hall–Kier alpha value is -2.83. The lowest BCUT2D eigenvalue weighted by molar-refractivity contribution is 0.00578. The van der Waals surface area contributed by atoms with E-state index in [-0.39, 0.29) is 0 Å². The third-order valence-electron chi connectivity index (χ3n) is 5.81. The Morgan fingerprint density at radius 2 is 1.63 bits per heavy atom. The van der Waals surface area contributed by atoms with E-state index in [0.29, 0.717) is 23.7 Å². The van der Waals surface area contributed by atoms with E-state index in [0.717, 1.165) is 16.6 Å². The topological polar surface area (TPSA) is 66.6 Å². The largest absolute Gasteiger partial charge is 0.494 e. The fourth-order valence-corrected chi connectivity index (χ4v) is 3.36. The van der Waals surface area contributed by atoms with Crippen molar-refractivity contribution in [2.75, 3.05) is 5.73 Å². The summed E-state index contributed by atoms with van der Waals surface area (Å²) in [5.74, 6) is 0.714. The Labute approximate surface area is 178 Å². The van der Waals surface area contributed by atoms with Crippen LogP contribution in [0.1, 0.15) is 33.3 Å². The molecule has 0 radical (unpaired) electrons. The molecule has 2 aromatic carbocycles. The van der Waals surface area contributed by atoms with E-state index in [2.05, 4.69) is 4.98 Å². The first-order chi connectivity index (χ1) is 14.2. The molecule has 6 heteroatoms. The van der Waals surface area contributed by atoms with Gasteiger partial charge in [0.1, 0.15) is 12.4 Å². The van der Waals surface area contributed by atoms with Gasteiger partial charge in [0.25, 0.3) is 0 Å². The summed E-state index contributed by atoms with van der Waals surface area (Å²) in [4.78, 5) is 4.47. The molecule has 1 fully saturated rings. The summed E-state index contributed by atoms with van der Waals surface area (Å²) in [5.41, 5.74) is 9.49. The summed E-state index contributed by atoms with van der Waals surface area (Å²) in [6.07, 6.45) is 1.73. The predicted molar refractivity (Wildman–Crippen MR) is 121 cm³/mol. The zero-order chi connectivity index (χ0) is 21.4. The monoisotopic (exact) mass is 402 g/mol. The van der Waals surface area contributed by atoms with Crippen LogP contribution in [-0.2, 0) is 15.9 Å². The first kappa shape index (κ1) is 20.4. The van der Waals surface area contributed by atoms with Crippen molar-refractivity contribution < 1.29 is 14.0 Å². The number of rotatable bonds is 5. The van der Waals surface area contributed by atoms with Crippen LogP contribution in [0.2, 0.25) is 0 Å². The van der Waals surface area contributed by atoms with Crippen LogP contribution < -0.4 is 15.9 Å². The highest BCUT2D eigenvalue weighted by molar-refractivity contribution is 6.62. The standard InChI is InChI=1S/C24H27BN2O3/c1-23(2)24(3,4)30-25(29-23)19-13-18(22-21(26)11-8-12-27-22)14-20(15-19)28-16-17-9-6-5-7-10-17/h5-15H,16,26H2,1-4H3. The van der Waals surface area contributed by atoms with Crippen LogP contribution >= 0.6 is 0 Å². The third kappa shape index (κ3) is 4.06. The van der Waals surface area contributed by atoms with Gasteiger partial charge in [-0.3, -0.25) is 4.98 Å². The average Bonchev–Trinajstić information content (AvgIpc) is 2.94. The van der Waals surface area contributed by atoms with E-state index < -0.39 is 18.3 Å². The first-order valence-electron chi connectivity index (χ1n) is 10.1. The predicted octanol–water partition coefficient (Wildman–Crippen LogP) is 4.21. The minimum absolute atomic E-state index is 0.428. The van der Waals surface area contributed by atoms with Crippen LogP contribution in [-0.4, -0.2) is 23.3 Å². The second-order valence-corrected chi connectivity index (χ2v) is 8.59. The van der Waals surface area contributed by atoms with E-state index in [1.54, 1.807) is 6.20 Å². The smallest absolute Gasteiger partial charge is 0.489 e. The summed E-state index contributed by atoms with van der Waals surface area (Å²) in [6.45, 7) is 8.63. The maximum atomic E-state index is 6.26. The van der Waals surface area contributed by atoms with E-state index in [9.17, 15) is 0 Å². The Morgan fingerprint density at radius 3 is 2.30 bits per heavy atom. The van der Waals surface area contributed by atoms with Crippen LogP contribution in [0.15, 0.2) is 66.9 Å². The minimum Gasteiger partial charge on any atom is -0.489 e. The van der Waals surface area contributed by atoms with Gasteiger partial charge in [-0.25, -0.2) is 0 Å². The highest BCUT2D eigenvalue weighted by atomic mass is 16.7. The lowest BCUT2D eigenvalue weighted by Crippen LogP contribution is -2.41. The van der Waals surface area contributed by atoms with Crippen molar-refractivity contribution in [1.82, 2.24) is 4.98 Å². The molecule has 0 spiro atoms. The van der Waals surface area contributed by atoms with Crippen LogP contribution in [0.5, 0.6) is 5.75 Å². The van der Waals surface area contributed by atoms with E-state index >= 15 is 0 Å². The maximum absolute atomic E-state index is 6.26. The molecule has 2 N–H and O–H groups in total. The average molecular weight is 402 g/mol. The van der Waals surface area contributed by atoms with Crippen LogP contribution in [0.4, 0.5) is 5.69 Å². The molecule has 1 saturated heterocycles. The zero-order valence-electron chi connectivity index (χ0n) is 17.9. The molecule has 0 atom stereocenters. The Morgan fingerprint density at radius 1 is 0.933 bits per heavy atom. The fraction of sp³-hybridized carbons (Fsp3) is 0.292. The van der Waals surface area contributed by atoms with Crippen molar-refractivity contribution in [2.45, 2.75) is 45.5 Å². The molecular weight excluding hydrogens is 375 g/mol. The van der Waals surface area contributed by atoms with Crippen molar-refractivity contribution >= 4 is 18.3 Å². The normalized spacial score (nSPS) is 17.1. The second-order valence-electron chi connectivity index (χ2n) is 8.59. The molecule has 1 aliphatic rings. The Kier molecular flexibility index (Phi) is 5.30. The number of ether oxygens (including phenoxy) is 1. The molecule has 30 heavy (non-hydrogen) atoms. The molecule has 0 saturated carbocycles. The van der Waals surface area contributed by atoms with Crippen LogP contribution in [0.3, 0.4) is 0 Å². The molecule has 0 amide bonds. The van der Waals surface area contributed by atoms with Gasteiger partial charge in [-0.15, -0.1) is 0 Å². The van der Waals surface area contributed by atoms with Crippen LogP contribution in [0, 0.1) is 0 Å². The van der Waals surface area contributed by atoms with Crippen molar-refractivity contribution in [3.63, 3.8) is 0 Å². The molecule has 4 rings (SSSR count). The summed E-state index contributed by atoms with van der Waals surface area (Å²) in [6, 6.07) is 19.7. The molecule has 0 aliphatic carbocycles. The molecule has 5 nitrogen and oxygen atoms in total. The van der Waals surface area contributed by atoms with Gasteiger partial charge in [0, 0.05) is 11.8 Å². The molecule has 0 unspecified atom stereocenters. The van der Waals surface area contributed by atoms with Gasteiger partial charge in [-0.1, -0.05) is 36.4 Å². The van der Waals surface area contributed by atoms with E-state index in [4.69, 9.17) is 19.8 Å². The third-order valence-corrected chi connectivity index (χ3v) is 5.81. The Balaban J connectivity index is 1.70. The number of pyridine rings is 1. The van der Waals surface area contributed by atoms with Crippen molar-refractivity contribution in [3.8, 4) is 17.0 Å². The van der Waals surface area contributed by atoms with Gasteiger partial charge < -0.3 is 19.8 Å². The van der Waals surface area contributed by atoms with Crippen molar-refractivity contribution in [2.24, 2.45) is 0 Å². The van der Waals surface area contributed by atoms with Gasteiger partial charge in [-0.05, 0) is 63.0 Å². The summed E-state index contributed by atoms with van der Waals surface area (Å²) in [5, 5.41) is 0. The van der Waals surface area contributed by atoms with E-state index in [1.807, 2.05) is 88.4 Å². The Bertz CT molecular complexity index is 1020. The molecular formula is C24H27BN2O3. The molecule has 3 aromatic rings. The van der Waals surface area contributed by atoms with Gasteiger partial charge in [0.2, 0.25) is 0 Å². The quantitative estimate of drug-likeness (QED) is 0.648. The van der Waals surface area contributed by atoms with Gasteiger partial charge in [0.05, 0.1) is 22.6 Å². The fourth-order valence-electron chi connectivity index (χ4n) is 3.36. The number of aromatic nitrogens is 1. The number of benzene rings is 2. The van der Waals surface area contributed by atoms with Crippen molar-refractivity contribution in [1.29, 1.82) is 0 Å². The summed E-state index contributed by atoms with van der Waals surface area (Å²) >= 11 is 0. The van der Waals surface area contributed by atoms with Gasteiger partial charge in [0.15, 0.2) is 0 Å². The van der Waals surface area contributed by atoms with Crippen molar-refractivity contribution in [3.05, 3.63) is 72.4 Å². The summed E-state index contributed by atoms with van der Waals surface area (Å²) in [7, 11) is -0.501. The number of hydrogen-bond acceptors (Lipinski definition) is 5. The maximum Gasteiger partial charge on any atom is 0.494 e. The molecule has 0 bridgehead atoms.